The van der Waals surface area contributed by atoms with Crippen LogP contribution in [-0.2, 0) is 9.59 Å². The summed E-state index contributed by atoms with van der Waals surface area (Å²) < 4.78 is 0. The van der Waals surface area contributed by atoms with Crippen LogP contribution in [0.3, 0.4) is 0 Å². The topological polar surface area (TPSA) is 60.9 Å². The molecule has 0 aromatic rings. The van der Waals surface area contributed by atoms with Gasteiger partial charge in [-0.3, -0.25) is 14.5 Å². The van der Waals surface area contributed by atoms with Gasteiger partial charge in [-0.15, -0.1) is 0 Å². The van der Waals surface area contributed by atoms with Crippen molar-refractivity contribution in [1.82, 2.24) is 9.80 Å². The molecule has 1 N–H and O–H groups in total. The smallest absolute Gasteiger partial charge is 0.310 e. The molecular weight excluding hydrogens is 244 g/mol. The van der Waals surface area contributed by atoms with E-state index in [9.17, 15) is 14.7 Å². The van der Waals surface area contributed by atoms with Gasteiger partial charge in [-0.25, -0.2) is 0 Å². The van der Waals surface area contributed by atoms with Crippen LogP contribution in [0.25, 0.3) is 0 Å². The Labute approximate surface area is 114 Å². The molecule has 2 aliphatic heterocycles. The number of carbonyl (C=O) groups excluding carboxylic acids is 1. The normalized spacial score (nSPS) is 32.8. The maximum Gasteiger partial charge on any atom is 0.310 e. The molecule has 0 aromatic heterocycles. The van der Waals surface area contributed by atoms with E-state index in [1.165, 1.54) is 0 Å². The molecule has 0 bridgehead atoms. The summed E-state index contributed by atoms with van der Waals surface area (Å²) in [5, 5.41) is 9.58. The van der Waals surface area contributed by atoms with E-state index in [0.717, 1.165) is 38.8 Å². The number of carbonyl (C=O) groups is 2. The Kier molecular flexibility index (Phi) is 4.13. The van der Waals surface area contributed by atoms with Crippen molar-refractivity contribution in [2.45, 2.75) is 45.1 Å². The second-order valence-electron chi connectivity index (χ2n) is 5.97. The van der Waals surface area contributed by atoms with Crippen molar-refractivity contribution in [1.29, 1.82) is 0 Å². The van der Waals surface area contributed by atoms with Crippen molar-refractivity contribution < 1.29 is 14.7 Å². The molecule has 1 amide bonds. The minimum absolute atomic E-state index is 0.0964. The minimum atomic E-state index is -0.696. The molecule has 0 spiro atoms. The van der Waals surface area contributed by atoms with Gasteiger partial charge in [0.15, 0.2) is 0 Å². The van der Waals surface area contributed by atoms with Crippen molar-refractivity contribution in [3.63, 3.8) is 0 Å². The van der Waals surface area contributed by atoms with Gasteiger partial charge in [-0.1, -0.05) is 13.3 Å². The molecule has 0 saturated carbocycles. The molecule has 2 unspecified atom stereocenters. The van der Waals surface area contributed by atoms with Crippen LogP contribution in [0.2, 0.25) is 0 Å². The molecule has 2 heterocycles. The summed E-state index contributed by atoms with van der Waals surface area (Å²) in [6.07, 6.45) is 4.02. The number of likely N-dealkylation sites (tertiary alicyclic amines) is 2. The van der Waals surface area contributed by atoms with Crippen LogP contribution in [0.4, 0.5) is 0 Å². The van der Waals surface area contributed by atoms with Crippen molar-refractivity contribution in [3.8, 4) is 0 Å². The summed E-state index contributed by atoms with van der Waals surface area (Å²) in [4.78, 5) is 27.6. The largest absolute Gasteiger partial charge is 0.481 e. The van der Waals surface area contributed by atoms with Crippen LogP contribution >= 0.6 is 0 Å². The SMILES string of the molecule is CCCC1(C(=O)O)CCCN(C2CCN(C)C2=O)C1. The summed E-state index contributed by atoms with van der Waals surface area (Å²) in [6, 6.07) is -0.0964. The number of carboxylic acids is 1. The molecule has 2 rings (SSSR count). The molecule has 108 valence electrons. The highest BCUT2D eigenvalue weighted by Crippen LogP contribution is 2.36. The third kappa shape index (κ3) is 2.61. The maximum atomic E-state index is 12.1. The quantitative estimate of drug-likeness (QED) is 0.832. The van der Waals surface area contributed by atoms with Gasteiger partial charge >= 0.3 is 5.97 Å². The number of rotatable bonds is 4. The van der Waals surface area contributed by atoms with Crippen LogP contribution < -0.4 is 0 Å². The molecule has 0 radical (unpaired) electrons. The lowest BCUT2D eigenvalue weighted by Crippen LogP contribution is -2.53. The first-order chi connectivity index (χ1) is 9.00. The molecule has 5 nitrogen and oxygen atoms in total. The summed E-state index contributed by atoms with van der Waals surface area (Å²) in [6.45, 7) is 4.19. The van der Waals surface area contributed by atoms with Crippen LogP contribution in [0.5, 0.6) is 0 Å². The van der Waals surface area contributed by atoms with Gasteiger partial charge in [0.05, 0.1) is 11.5 Å². The van der Waals surface area contributed by atoms with Crippen molar-refractivity contribution in [2.75, 3.05) is 26.7 Å². The number of aliphatic carboxylic acids is 1. The van der Waals surface area contributed by atoms with Gasteiger partial charge in [0.2, 0.25) is 5.91 Å². The van der Waals surface area contributed by atoms with Crippen molar-refractivity contribution in [3.05, 3.63) is 0 Å². The van der Waals surface area contributed by atoms with E-state index in [0.29, 0.717) is 13.0 Å². The number of hydrogen-bond acceptors (Lipinski definition) is 3. The molecule has 2 saturated heterocycles. The molecule has 19 heavy (non-hydrogen) atoms. The highest BCUT2D eigenvalue weighted by molar-refractivity contribution is 5.84. The standard InChI is InChI=1S/C14H24N2O3/c1-3-6-14(13(18)19)7-4-8-16(10-14)11-5-9-15(2)12(11)17/h11H,3-10H2,1-2H3,(H,18,19). The van der Waals surface area contributed by atoms with Crippen molar-refractivity contribution >= 4 is 11.9 Å². The first-order valence-electron chi connectivity index (χ1n) is 7.22. The Balaban J connectivity index is 2.12. The fourth-order valence-electron chi connectivity index (χ4n) is 3.54. The van der Waals surface area contributed by atoms with Crippen LogP contribution in [0, 0.1) is 5.41 Å². The molecule has 2 aliphatic rings. The predicted molar refractivity (Wildman–Crippen MR) is 71.8 cm³/mol. The Morgan fingerprint density at radius 3 is 2.74 bits per heavy atom. The molecule has 2 atom stereocenters. The highest BCUT2D eigenvalue weighted by Gasteiger charge is 2.45. The fourth-order valence-corrected chi connectivity index (χ4v) is 3.54. The highest BCUT2D eigenvalue weighted by atomic mass is 16.4. The number of amides is 1. The lowest BCUT2D eigenvalue weighted by Gasteiger charge is -2.41. The number of nitrogens with zero attached hydrogens (tertiary/aromatic N) is 2. The number of piperidine rings is 1. The van der Waals surface area contributed by atoms with Gasteiger partial charge in [0.25, 0.3) is 0 Å². The monoisotopic (exact) mass is 268 g/mol. The van der Waals surface area contributed by atoms with E-state index in [4.69, 9.17) is 0 Å². The van der Waals surface area contributed by atoms with Gasteiger partial charge in [0, 0.05) is 20.1 Å². The average molecular weight is 268 g/mol. The zero-order valence-corrected chi connectivity index (χ0v) is 11.9. The second kappa shape index (κ2) is 5.49. The Morgan fingerprint density at radius 1 is 1.47 bits per heavy atom. The van der Waals surface area contributed by atoms with E-state index in [-0.39, 0.29) is 11.9 Å². The maximum absolute atomic E-state index is 12.1. The Bertz CT molecular complexity index is 368. The zero-order valence-electron chi connectivity index (χ0n) is 11.9. The predicted octanol–water partition coefficient (Wildman–Crippen LogP) is 1.18. The second-order valence-corrected chi connectivity index (χ2v) is 5.97. The molecular formula is C14H24N2O3. The van der Waals surface area contributed by atoms with Gasteiger partial charge in [-0.05, 0) is 32.2 Å². The fraction of sp³-hybridized carbons (Fsp3) is 0.857. The lowest BCUT2D eigenvalue weighted by atomic mass is 9.76. The van der Waals surface area contributed by atoms with Gasteiger partial charge in [0.1, 0.15) is 0 Å². The molecule has 0 aromatic carbocycles. The Morgan fingerprint density at radius 2 is 2.21 bits per heavy atom. The molecule has 2 fully saturated rings. The third-order valence-electron chi connectivity index (χ3n) is 4.63. The molecule has 0 aliphatic carbocycles. The van der Waals surface area contributed by atoms with Crippen LogP contribution in [-0.4, -0.2) is 59.5 Å². The minimum Gasteiger partial charge on any atom is -0.481 e. The van der Waals surface area contributed by atoms with E-state index in [1.54, 1.807) is 4.90 Å². The lowest BCUT2D eigenvalue weighted by molar-refractivity contribution is -0.155. The van der Waals surface area contributed by atoms with E-state index < -0.39 is 11.4 Å². The van der Waals surface area contributed by atoms with E-state index >= 15 is 0 Å². The number of carboxylic acid groups (broad SMARTS) is 1. The summed E-state index contributed by atoms with van der Waals surface area (Å²) in [5.41, 5.74) is -0.644. The first kappa shape index (κ1) is 14.3. The summed E-state index contributed by atoms with van der Waals surface area (Å²) in [5.74, 6) is -0.546. The zero-order chi connectivity index (χ0) is 14.0. The van der Waals surface area contributed by atoms with Crippen LogP contribution in [0.15, 0.2) is 0 Å². The first-order valence-corrected chi connectivity index (χ1v) is 7.22. The number of likely N-dealkylation sites (N-methyl/N-ethyl adjacent to an activating group) is 1. The van der Waals surface area contributed by atoms with Gasteiger partial charge < -0.3 is 10.0 Å². The van der Waals surface area contributed by atoms with E-state index in [2.05, 4.69) is 4.90 Å². The summed E-state index contributed by atoms with van der Waals surface area (Å²) in [7, 11) is 1.82. The Hall–Kier alpha value is -1.10. The van der Waals surface area contributed by atoms with Crippen LogP contribution in [0.1, 0.15) is 39.0 Å². The average Bonchev–Trinajstić information content (AvgIpc) is 2.70. The number of hydrogen-bond donors (Lipinski definition) is 1. The third-order valence-corrected chi connectivity index (χ3v) is 4.63. The van der Waals surface area contributed by atoms with E-state index in [1.807, 2.05) is 14.0 Å². The van der Waals surface area contributed by atoms with Gasteiger partial charge in [-0.2, -0.15) is 0 Å². The molecule has 5 heteroatoms. The summed E-state index contributed by atoms with van der Waals surface area (Å²) >= 11 is 0. The van der Waals surface area contributed by atoms with Crippen molar-refractivity contribution in [2.24, 2.45) is 5.41 Å².